The Hall–Kier alpha value is -1.11. The molecule has 0 radical (unpaired) electrons. The Balaban J connectivity index is 2.71. The number of rotatable bonds is 6. The molecule has 1 aromatic carbocycles. The first-order valence-electron chi connectivity index (χ1n) is 5.76. The van der Waals surface area contributed by atoms with Crippen molar-refractivity contribution >= 4 is 15.7 Å². The molecule has 0 spiro atoms. The van der Waals surface area contributed by atoms with E-state index in [1.807, 2.05) is 13.8 Å². The van der Waals surface area contributed by atoms with Gasteiger partial charge in [-0.05, 0) is 32.9 Å². The first kappa shape index (κ1) is 14.9. The van der Waals surface area contributed by atoms with Crippen LogP contribution in [0, 0.1) is 0 Å². The lowest BCUT2D eigenvalue weighted by atomic mass is 10.2. The van der Waals surface area contributed by atoms with E-state index in [1.165, 1.54) is 6.92 Å². The van der Waals surface area contributed by atoms with Crippen LogP contribution in [0.4, 0.5) is 5.69 Å². The molecule has 1 aromatic rings. The highest BCUT2D eigenvalue weighted by Gasteiger charge is 2.28. The number of para-hydroxylation sites is 1. The van der Waals surface area contributed by atoms with Gasteiger partial charge in [0.2, 0.25) is 10.0 Å². The van der Waals surface area contributed by atoms with Crippen molar-refractivity contribution in [2.75, 3.05) is 10.5 Å². The van der Waals surface area contributed by atoms with Crippen LogP contribution in [0.15, 0.2) is 30.3 Å². The lowest BCUT2D eigenvalue weighted by Gasteiger charge is -2.27. The van der Waals surface area contributed by atoms with Gasteiger partial charge in [0, 0.05) is 11.7 Å². The fourth-order valence-corrected chi connectivity index (χ4v) is 3.15. The summed E-state index contributed by atoms with van der Waals surface area (Å²) in [5.41, 5.74) is -0.979. The van der Waals surface area contributed by atoms with Crippen LogP contribution in [0.25, 0.3) is 0 Å². The summed E-state index contributed by atoms with van der Waals surface area (Å²) >= 11 is 0. The van der Waals surface area contributed by atoms with Gasteiger partial charge in [-0.15, -0.1) is 0 Å². The number of benzene rings is 1. The molecule has 0 heterocycles. The highest BCUT2D eigenvalue weighted by atomic mass is 32.2. The maximum Gasteiger partial charge on any atom is 0.236 e. The Bertz CT molecular complexity index is 469. The second-order valence-electron chi connectivity index (χ2n) is 4.80. The Morgan fingerprint density at radius 3 is 2.33 bits per heavy atom. The first-order chi connectivity index (χ1) is 8.20. The zero-order valence-electron chi connectivity index (χ0n) is 10.8. The normalized spacial score (nSPS) is 15.4. The molecule has 0 amide bonds. The van der Waals surface area contributed by atoms with Gasteiger partial charge in [-0.3, -0.25) is 10.0 Å². The molecule has 0 aliphatic carbocycles. The summed E-state index contributed by atoms with van der Waals surface area (Å²) in [4.78, 5) is 0. The monoisotopic (exact) mass is 272 g/mol. The molecule has 1 atom stereocenters. The van der Waals surface area contributed by atoms with Crippen LogP contribution in [-0.2, 0) is 10.0 Å². The molecule has 0 saturated carbocycles. The van der Waals surface area contributed by atoms with E-state index in [0.29, 0.717) is 5.69 Å². The maximum atomic E-state index is 11.9. The molecular formula is C12H20N2O3S. The zero-order valence-corrected chi connectivity index (χ0v) is 11.7. The molecule has 102 valence electrons. The summed E-state index contributed by atoms with van der Waals surface area (Å²) < 4.78 is 26.2. The summed E-state index contributed by atoms with van der Waals surface area (Å²) in [7, 11) is -3.60. The topological polar surface area (TPSA) is 78.4 Å². The molecule has 1 unspecified atom stereocenters. The van der Waals surface area contributed by atoms with Crippen molar-refractivity contribution in [1.82, 2.24) is 5.32 Å². The van der Waals surface area contributed by atoms with Gasteiger partial charge >= 0.3 is 0 Å². The first-order valence-corrected chi connectivity index (χ1v) is 7.41. The number of nitrogens with one attached hydrogen (secondary N) is 2. The second kappa shape index (κ2) is 5.69. The smallest absolute Gasteiger partial charge is 0.236 e. The quantitative estimate of drug-likeness (QED) is 0.678. The fraction of sp³-hybridized carbons (Fsp3) is 0.500. The summed E-state index contributed by atoms with van der Waals surface area (Å²) in [6, 6.07) is 8.58. The lowest BCUT2D eigenvalue weighted by Crippen LogP contribution is -2.51. The minimum absolute atomic E-state index is 0.00748. The molecule has 1 rings (SSSR count). The molecular weight excluding hydrogens is 252 g/mol. The third kappa shape index (κ3) is 5.48. The summed E-state index contributed by atoms with van der Waals surface area (Å²) in [5, 5.41) is 12.8. The third-order valence-corrected chi connectivity index (χ3v) is 3.61. The van der Waals surface area contributed by atoms with Crippen LogP contribution in [-0.4, -0.2) is 31.0 Å². The third-order valence-electron chi connectivity index (χ3n) is 2.12. The predicted molar refractivity (Wildman–Crippen MR) is 72.7 cm³/mol. The second-order valence-corrected chi connectivity index (χ2v) is 6.52. The maximum absolute atomic E-state index is 11.9. The Morgan fingerprint density at radius 1 is 1.28 bits per heavy atom. The van der Waals surface area contributed by atoms with Crippen LogP contribution in [0.1, 0.15) is 20.8 Å². The summed E-state index contributed by atoms with van der Waals surface area (Å²) in [5.74, 6) is -0.410. The molecule has 0 aliphatic rings. The number of anilines is 1. The largest absolute Gasteiger partial charge is 0.375 e. The highest BCUT2D eigenvalue weighted by Crippen LogP contribution is 2.11. The Kier molecular flexibility index (Phi) is 4.72. The number of hydrogen-bond donors (Lipinski definition) is 3. The van der Waals surface area contributed by atoms with E-state index in [1.54, 1.807) is 30.3 Å². The number of sulfonamides is 1. The molecule has 18 heavy (non-hydrogen) atoms. The molecule has 5 nitrogen and oxygen atoms in total. The van der Waals surface area contributed by atoms with Crippen molar-refractivity contribution in [3.8, 4) is 0 Å². The summed E-state index contributed by atoms with van der Waals surface area (Å²) in [6.07, 6.45) is 0. The van der Waals surface area contributed by atoms with E-state index < -0.39 is 21.5 Å². The van der Waals surface area contributed by atoms with Gasteiger partial charge in [-0.2, -0.15) is 0 Å². The Morgan fingerprint density at radius 2 is 1.83 bits per heavy atom. The van der Waals surface area contributed by atoms with Crippen LogP contribution >= 0.6 is 0 Å². The molecule has 0 fully saturated rings. The predicted octanol–water partition coefficient (Wildman–Crippen LogP) is 1.13. The Labute approximate surface area is 108 Å². The fourth-order valence-electron chi connectivity index (χ4n) is 1.76. The van der Waals surface area contributed by atoms with Crippen molar-refractivity contribution < 1.29 is 13.5 Å². The average molecular weight is 272 g/mol. The van der Waals surface area contributed by atoms with Crippen molar-refractivity contribution in [1.29, 1.82) is 0 Å². The van der Waals surface area contributed by atoms with Crippen molar-refractivity contribution in [3.05, 3.63) is 30.3 Å². The van der Waals surface area contributed by atoms with E-state index >= 15 is 0 Å². The van der Waals surface area contributed by atoms with Crippen molar-refractivity contribution in [2.24, 2.45) is 0 Å². The van der Waals surface area contributed by atoms with Crippen molar-refractivity contribution in [3.63, 3.8) is 0 Å². The molecule has 0 aliphatic heterocycles. The average Bonchev–Trinajstić information content (AvgIpc) is 2.13. The van der Waals surface area contributed by atoms with E-state index in [0.717, 1.165) is 0 Å². The SMILES string of the molecule is CC(C)NC(C)(O)CS(=O)(=O)Nc1ccccc1. The van der Waals surface area contributed by atoms with Crippen LogP contribution in [0.3, 0.4) is 0 Å². The van der Waals surface area contributed by atoms with Gasteiger partial charge in [0.25, 0.3) is 0 Å². The van der Waals surface area contributed by atoms with Crippen LogP contribution in [0.5, 0.6) is 0 Å². The number of aliphatic hydroxyl groups is 1. The minimum Gasteiger partial charge on any atom is -0.375 e. The van der Waals surface area contributed by atoms with Gasteiger partial charge in [0.15, 0.2) is 0 Å². The minimum atomic E-state index is -3.60. The van der Waals surface area contributed by atoms with Gasteiger partial charge < -0.3 is 5.11 Å². The van der Waals surface area contributed by atoms with Gasteiger partial charge in [-0.1, -0.05) is 18.2 Å². The van der Waals surface area contributed by atoms with E-state index in [9.17, 15) is 13.5 Å². The molecule has 0 saturated heterocycles. The standard InChI is InChI=1S/C12H20N2O3S/c1-10(2)13-12(3,15)9-18(16,17)14-11-7-5-4-6-8-11/h4-8,10,13-15H,9H2,1-3H3. The van der Waals surface area contributed by atoms with Crippen LogP contribution in [0.2, 0.25) is 0 Å². The van der Waals surface area contributed by atoms with E-state index in [-0.39, 0.29) is 6.04 Å². The van der Waals surface area contributed by atoms with Gasteiger partial charge in [-0.25, -0.2) is 8.42 Å². The van der Waals surface area contributed by atoms with E-state index in [2.05, 4.69) is 10.0 Å². The lowest BCUT2D eigenvalue weighted by molar-refractivity contribution is 0.0387. The molecule has 0 bridgehead atoms. The molecule has 3 N–H and O–H groups in total. The van der Waals surface area contributed by atoms with Crippen LogP contribution < -0.4 is 10.0 Å². The van der Waals surface area contributed by atoms with E-state index in [4.69, 9.17) is 0 Å². The number of hydrogen-bond acceptors (Lipinski definition) is 4. The summed E-state index contributed by atoms with van der Waals surface area (Å²) in [6.45, 7) is 5.12. The highest BCUT2D eigenvalue weighted by molar-refractivity contribution is 7.92. The van der Waals surface area contributed by atoms with Crippen molar-refractivity contribution in [2.45, 2.75) is 32.5 Å². The molecule has 0 aromatic heterocycles. The van der Waals surface area contributed by atoms with Gasteiger partial charge in [0.05, 0.1) is 0 Å². The zero-order chi connectivity index (χ0) is 13.8. The molecule has 6 heteroatoms. The van der Waals surface area contributed by atoms with Gasteiger partial charge in [0.1, 0.15) is 11.5 Å².